The van der Waals surface area contributed by atoms with Gasteiger partial charge in [-0.3, -0.25) is 4.79 Å². The summed E-state index contributed by atoms with van der Waals surface area (Å²) in [7, 11) is 5.08. The van der Waals surface area contributed by atoms with Crippen molar-refractivity contribution in [1.29, 1.82) is 0 Å². The van der Waals surface area contributed by atoms with Gasteiger partial charge in [0.15, 0.2) is 0 Å². The summed E-state index contributed by atoms with van der Waals surface area (Å²) in [5, 5.41) is 2.76. The van der Waals surface area contributed by atoms with Gasteiger partial charge in [0, 0.05) is 51.6 Å². The van der Waals surface area contributed by atoms with Gasteiger partial charge in [-0.1, -0.05) is 12.1 Å². The summed E-state index contributed by atoms with van der Waals surface area (Å²) in [5.41, 5.74) is -0.223. The molecule has 1 saturated heterocycles. The van der Waals surface area contributed by atoms with E-state index in [0.717, 1.165) is 31.5 Å². The third kappa shape index (κ3) is 4.67. The van der Waals surface area contributed by atoms with Gasteiger partial charge in [-0.2, -0.15) is 18.2 Å². The van der Waals surface area contributed by atoms with Crippen LogP contribution in [0.3, 0.4) is 0 Å². The third-order valence-electron chi connectivity index (χ3n) is 8.04. The van der Waals surface area contributed by atoms with Crippen molar-refractivity contribution in [2.45, 2.75) is 24.6 Å². The van der Waals surface area contributed by atoms with Gasteiger partial charge in [-0.05, 0) is 31.5 Å². The highest BCUT2D eigenvalue weighted by atomic mass is 19.4. The van der Waals surface area contributed by atoms with Crippen LogP contribution >= 0.6 is 0 Å². The number of hydrogen-bond donors (Lipinski definition) is 1. The number of nitrogens with one attached hydrogen (secondary N) is 1. The number of likely N-dealkylation sites (N-methyl/N-ethyl adjacent to an activating group) is 1. The first-order chi connectivity index (χ1) is 19.5. The number of benzene rings is 2. The number of hydrogen-bond acceptors (Lipinski definition) is 8. The van der Waals surface area contributed by atoms with Gasteiger partial charge >= 0.3 is 6.18 Å². The third-order valence-corrected chi connectivity index (χ3v) is 8.04. The Kier molecular flexibility index (Phi) is 6.44. The lowest BCUT2D eigenvalue weighted by Gasteiger charge is -2.34. The second-order valence-corrected chi connectivity index (χ2v) is 10.5. The molecule has 1 amide bonds. The Morgan fingerprint density at radius 1 is 1.05 bits per heavy atom. The van der Waals surface area contributed by atoms with Crippen LogP contribution in [0, 0.1) is 5.82 Å². The summed E-state index contributed by atoms with van der Waals surface area (Å²) < 4.78 is 68.2. The number of halogens is 4. The topological polar surface area (TPSA) is 83.1 Å². The monoisotopic (exact) mass is 572 g/mol. The van der Waals surface area contributed by atoms with E-state index in [0.29, 0.717) is 25.0 Å². The van der Waals surface area contributed by atoms with Gasteiger partial charge in [0.1, 0.15) is 22.9 Å². The molecular weight excluding hydrogens is 544 g/mol. The van der Waals surface area contributed by atoms with E-state index in [2.05, 4.69) is 20.2 Å². The van der Waals surface area contributed by atoms with E-state index in [-0.39, 0.29) is 34.6 Å². The molecule has 6 rings (SSSR count). The summed E-state index contributed by atoms with van der Waals surface area (Å²) >= 11 is 0. The van der Waals surface area contributed by atoms with Crippen LogP contribution < -0.4 is 19.7 Å². The number of carbonyl (C=O) groups is 1. The number of aromatic nitrogens is 2. The maximum Gasteiger partial charge on any atom is 0.423 e. The first-order valence-corrected chi connectivity index (χ1v) is 13.1. The van der Waals surface area contributed by atoms with Crippen LogP contribution in [0.2, 0.25) is 0 Å². The van der Waals surface area contributed by atoms with Gasteiger partial charge in [0.25, 0.3) is 5.91 Å². The summed E-state index contributed by atoms with van der Waals surface area (Å²) in [6, 6.07) is 7.61. The largest absolute Gasteiger partial charge is 0.494 e. The lowest BCUT2D eigenvalue weighted by molar-refractivity contribution is -0.139. The highest BCUT2D eigenvalue weighted by molar-refractivity contribution is 6.03. The molecule has 3 aromatic rings. The van der Waals surface area contributed by atoms with Gasteiger partial charge < -0.3 is 29.5 Å². The SMILES string of the molecule is COc1cc(N2CCN(C)CC2)c(F)cc1Nc1ncc(C(F)(F)F)c(Oc2cccc3c2C(=O)N(C)C32CC2)n1. The number of anilines is 3. The number of methoxy groups -OCH3 is 1. The summed E-state index contributed by atoms with van der Waals surface area (Å²) in [6.07, 6.45) is -2.70. The molecule has 0 unspecified atom stereocenters. The zero-order valence-corrected chi connectivity index (χ0v) is 22.7. The molecule has 41 heavy (non-hydrogen) atoms. The maximum atomic E-state index is 15.2. The molecule has 9 nitrogen and oxygen atoms in total. The lowest BCUT2D eigenvalue weighted by atomic mass is 10.0. The zero-order chi connectivity index (χ0) is 29.1. The van der Waals surface area contributed by atoms with Crippen molar-refractivity contribution in [3.8, 4) is 17.4 Å². The predicted molar refractivity (Wildman–Crippen MR) is 143 cm³/mol. The molecule has 216 valence electrons. The van der Waals surface area contributed by atoms with Crippen molar-refractivity contribution in [3.63, 3.8) is 0 Å². The van der Waals surface area contributed by atoms with Crippen molar-refractivity contribution >= 4 is 23.2 Å². The quantitative estimate of drug-likeness (QED) is 0.413. The fourth-order valence-electron chi connectivity index (χ4n) is 5.51. The van der Waals surface area contributed by atoms with E-state index in [1.54, 1.807) is 24.1 Å². The van der Waals surface area contributed by atoms with Crippen LogP contribution in [0.15, 0.2) is 36.5 Å². The molecule has 1 saturated carbocycles. The molecule has 1 spiro atoms. The van der Waals surface area contributed by atoms with E-state index < -0.39 is 29.0 Å². The fraction of sp³-hybridized carbons (Fsp3) is 0.393. The number of ether oxygens (including phenoxy) is 2. The minimum Gasteiger partial charge on any atom is -0.494 e. The van der Waals surface area contributed by atoms with Crippen molar-refractivity contribution in [3.05, 3.63) is 59.0 Å². The van der Waals surface area contributed by atoms with Crippen molar-refractivity contribution in [2.24, 2.45) is 0 Å². The molecule has 0 bridgehead atoms. The van der Waals surface area contributed by atoms with Gasteiger partial charge in [-0.25, -0.2) is 9.37 Å². The fourth-order valence-corrected chi connectivity index (χ4v) is 5.51. The molecule has 1 aromatic heterocycles. The number of rotatable bonds is 6. The van der Waals surface area contributed by atoms with E-state index >= 15 is 4.39 Å². The summed E-state index contributed by atoms with van der Waals surface area (Å²) in [4.78, 5) is 26.5. The molecular formula is C28H28F4N6O3. The smallest absolute Gasteiger partial charge is 0.423 e. The number of alkyl halides is 3. The van der Waals surface area contributed by atoms with Crippen molar-refractivity contribution < 1.29 is 31.8 Å². The number of nitrogens with zero attached hydrogens (tertiary/aromatic N) is 5. The van der Waals surface area contributed by atoms with Crippen LogP contribution in [-0.4, -0.2) is 73.1 Å². The molecule has 1 N–H and O–H groups in total. The molecule has 2 fully saturated rings. The van der Waals surface area contributed by atoms with Crippen LogP contribution in [0.5, 0.6) is 17.4 Å². The Morgan fingerprint density at radius 3 is 2.44 bits per heavy atom. The molecule has 3 aliphatic rings. The van der Waals surface area contributed by atoms with E-state index in [1.807, 2.05) is 11.9 Å². The average molecular weight is 573 g/mol. The minimum absolute atomic E-state index is 0.0292. The Balaban J connectivity index is 1.33. The van der Waals surface area contributed by atoms with E-state index in [9.17, 15) is 18.0 Å². The average Bonchev–Trinajstić information content (AvgIpc) is 3.71. The first kappa shape index (κ1) is 27.1. The highest BCUT2D eigenvalue weighted by Gasteiger charge is 2.57. The molecule has 13 heteroatoms. The Bertz CT molecular complexity index is 1520. The van der Waals surface area contributed by atoms with Crippen LogP contribution in [0.1, 0.15) is 34.3 Å². The second kappa shape index (κ2) is 9.75. The molecule has 2 aliphatic heterocycles. The Hall–Kier alpha value is -4.13. The van der Waals surface area contributed by atoms with Crippen LogP contribution in [-0.2, 0) is 11.7 Å². The highest BCUT2D eigenvalue weighted by Crippen LogP contribution is 2.57. The van der Waals surface area contributed by atoms with Crippen molar-refractivity contribution in [2.75, 3.05) is 57.6 Å². The second-order valence-electron chi connectivity index (χ2n) is 10.5. The summed E-state index contributed by atoms with van der Waals surface area (Å²) in [5.74, 6) is -1.68. The molecule has 1 aliphatic carbocycles. The van der Waals surface area contributed by atoms with Crippen LogP contribution in [0.4, 0.5) is 34.9 Å². The van der Waals surface area contributed by atoms with Crippen molar-refractivity contribution in [1.82, 2.24) is 19.8 Å². The van der Waals surface area contributed by atoms with E-state index in [4.69, 9.17) is 9.47 Å². The first-order valence-electron chi connectivity index (χ1n) is 13.1. The number of piperazine rings is 1. The van der Waals surface area contributed by atoms with Gasteiger partial charge in [0.2, 0.25) is 11.8 Å². The molecule has 0 atom stereocenters. The molecule has 0 radical (unpaired) electrons. The maximum absolute atomic E-state index is 15.2. The molecule has 3 heterocycles. The Labute approximate surface area is 233 Å². The number of fused-ring (bicyclic) bond motifs is 2. The normalized spacial score (nSPS) is 18.1. The Morgan fingerprint density at radius 2 is 1.78 bits per heavy atom. The van der Waals surface area contributed by atoms with E-state index in [1.165, 1.54) is 25.3 Å². The van der Waals surface area contributed by atoms with Gasteiger partial charge in [0.05, 0.1) is 29.6 Å². The van der Waals surface area contributed by atoms with Crippen LogP contribution in [0.25, 0.3) is 0 Å². The predicted octanol–water partition coefficient (Wildman–Crippen LogP) is 5.01. The van der Waals surface area contributed by atoms with Gasteiger partial charge in [-0.15, -0.1) is 0 Å². The summed E-state index contributed by atoms with van der Waals surface area (Å²) in [6.45, 7) is 2.82. The standard InChI is InChI=1S/C28H28F4N6O3/c1-36-9-11-38(12-10-36)20-14-22(40-3)19(13-18(20)29)34-26-33-15-17(28(30,31)32)24(35-26)41-21-6-4-5-16-23(21)25(39)37(2)27(16)7-8-27/h4-6,13-15H,7-12H2,1-3H3,(H,33,34,35). The zero-order valence-electron chi connectivity index (χ0n) is 22.7. The lowest BCUT2D eigenvalue weighted by Crippen LogP contribution is -2.44. The number of amides is 1. The number of carbonyl (C=O) groups excluding carboxylic acids is 1. The minimum atomic E-state index is -4.84. The molecule has 2 aromatic carbocycles.